The summed E-state index contributed by atoms with van der Waals surface area (Å²) in [5.41, 5.74) is -3.76. The van der Waals surface area contributed by atoms with Crippen LogP contribution in [0.3, 0.4) is 0 Å². The van der Waals surface area contributed by atoms with E-state index in [1.807, 2.05) is 0 Å². The molecule has 0 spiro atoms. The SMILES string of the molecule is CCOc1ccc(C(C)(F)C(F)(F)F)cc1. The Balaban J connectivity index is 2.97. The first-order valence-electron chi connectivity index (χ1n) is 4.78. The van der Waals surface area contributed by atoms with Crippen molar-refractivity contribution >= 4 is 0 Å². The molecule has 90 valence electrons. The minimum atomic E-state index is -4.92. The zero-order valence-corrected chi connectivity index (χ0v) is 8.94. The smallest absolute Gasteiger partial charge is 0.426 e. The first kappa shape index (κ1) is 12.8. The van der Waals surface area contributed by atoms with E-state index in [1.54, 1.807) is 6.92 Å². The van der Waals surface area contributed by atoms with Gasteiger partial charge < -0.3 is 4.74 Å². The molecule has 0 bridgehead atoms. The van der Waals surface area contributed by atoms with Gasteiger partial charge in [0.05, 0.1) is 6.61 Å². The highest BCUT2D eigenvalue weighted by molar-refractivity contribution is 5.31. The second-order valence-electron chi connectivity index (χ2n) is 3.46. The van der Waals surface area contributed by atoms with Crippen LogP contribution < -0.4 is 4.74 Å². The van der Waals surface area contributed by atoms with E-state index in [0.717, 1.165) is 12.1 Å². The van der Waals surface area contributed by atoms with E-state index >= 15 is 0 Å². The van der Waals surface area contributed by atoms with Gasteiger partial charge in [-0.1, -0.05) is 12.1 Å². The third kappa shape index (κ3) is 2.46. The molecule has 5 heteroatoms. The second kappa shape index (κ2) is 4.31. The molecule has 1 aromatic rings. The van der Waals surface area contributed by atoms with Crippen LogP contribution in [0.1, 0.15) is 19.4 Å². The Morgan fingerprint density at radius 3 is 1.94 bits per heavy atom. The van der Waals surface area contributed by atoms with Crippen LogP contribution in [0.25, 0.3) is 0 Å². The van der Waals surface area contributed by atoms with E-state index < -0.39 is 17.4 Å². The zero-order valence-electron chi connectivity index (χ0n) is 8.94. The molecule has 0 heterocycles. The van der Waals surface area contributed by atoms with E-state index in [1.165, 1.54) is 12.1 Å². The van der Waals surface area contributed by atoms with E-state index in [9.17, 15) is 17.6 Å². The molecular formula is C11H12F4O. The summed E-state index contributed by atoms with van der Waals surface area (Å²) in [6.07, 6.45) is -4.92. The summed E-state index contributed by atoms with van der Waals surface area (Å²) in [6, 6.07) is 4.81. The Hall–Kier alpha value is -1.26. The predicted molar refractivity (Wildman–Crippen MR) is 52.1 cm³/mol. The van der Waals surface area contributed by atoms with Crippen LogP contribution in [0.5, 0.6) is 5.75 Å². The fourth-order valence-electron chi connectivity index (χ4n) is 1.19. The zero-order chi connectivity index (χ0) is 12.4. The van der Waals surface area contributed by atoms with E-state index in [4.69, 9.17) is 4.74 Å². The Morgan fingerprint density at radius 1 is 1.06 bits per heavy atom. The Morgan fingerprint density at radius 2 is 1.56 bits per heavy atom. The lowest BCUT2D eigenvalue weighted by Crippen LogP contribution is -2.34. The first-order valence-corrected chi connectivity index (χ1v) is 4.78. The van der Waals surface area contributed by atoms with Crippen molar-refractivity contribution in [2.45, 2.75) is 25.7 Å². The molecule has 0 amide bonds. The molecule has 0 aromatic heterocycles. The molecular weight excluding hydrogens is 224 g/mol. The molecule has 0 aliphatic heterocycles. The van der Waals surface area contributed by atoms with E-state index in [2.05, 4.69) is 0 Å². The van der Waals surface area contributed by atoms with Crippen molar-refractivity contribution in [2.75, 3.05) is 6.61 Å². The van der Waals surface area contributed by atoms with Crippen LogP contribution >= 0.6 is 0 Å². The highest BCUT2D eigenvalue weighted by atomic mass is 19.4. The molecule has 0 saturated carbocycles. The number of alkyl halides is 4. The number of halogens is 4. The van der Waals surface area contributed by atoms with E-state index in [0.29, 0.717) is 19.3 Å². The van der Waals surface area contributed by atoms with E-state index in [-0.39, 0.29) is 0 Å². The molecule has 0 aliphatic rings. The monoisotopic (exact) mass is 236 g/mol. The summed E-state index contributed by atoms with van der Waals surface area (Å²) < 4.78 is 55.6. The molecule has 0 N–H and O–H groups in total. The maximum absolute atomic E-state index is 13.5. The maximum atomic E-state index is 13.5. The lowest BCUT2D eigenvalue weighted by molar-refractivity contribution is -0.228. The predicted octanol–water partition coefficient (Wildman–Crippen LogP) is 3.83. The summed E-state index contributed by atoms with van der Waals surface area (Å²) in [4.78, 5) is 0. The Kier molecular flexibility index (Phi) is 3.45. The van der Waals surface area contributed by atoms with Gasteiger partial charge in [0.15, 0.2) is 0 Å². The van der Waals surface area contributed by atoms with Crippen LogP contribution in [0, 0.1) is 0 Å². The van der Waals surface area contributed by atoms with Crippen molar-refractivity contribution < 1.29 is 22.3 Å². The van der Waals surface area contributed by atoms with Crippen LogP contribution in [-0.2, 0) is 5.67 Å². The number of rotatable bonds is 3. The number of ether oxygens (including phenoxy) is 1. The summed E-state index contributed by atoms with van der Waals surface area (Å²) >= 11 is 0. The minimum Gasteiger partial charge on any atom is -0.494 e. The molecule has 0 saturated heterocycles. The number of hydrogen-bond acceptors (Lipinski definition) is 1. The minimum absolute atomic E-state index is 0.408. The standard InChI is InChI=1S/C11H12F4O/c1-3-16-9-6-4-8(5-7-9)10(2,12)11(13,14)15/h4-7H,3H2,1-2H3. The lowest BCUT2D eigenvalue weighted by Gasteiger charge is -2.24. The molecule has 1 unspecified atom stereocenters. The van der Waals surface area contributed by atoms with Gasteiger partial charge in [0.25, 0.3) is 0 Å². The van der Waals surface area contributed by atoms with Crippen molar-refractivity contribution in [1.82, 2.24) is 0 Å². The number of benzene rings is 1. The molecule has 1 atom stereocenters. The van der Waals surface area contributed by atoms with Crippen LogP contribution in [0.2, 0.25) is 0 Å². The van der Waals surface area contributed by atoms with Gasteiger partial charge in [-0.3, -0.25) is 0 Å². The fourth-order valence-corrected chi connectivity index (χ4v) is 1.19. The largest absolute Gasteiger partial charge is 0.494 e. The first-order chi connectivity index (χ1) is 7.29. The maximum Gasteiger partial charge on any atom is 0.426 e. The third-order valence-electron chi connectivity index (χ3n) is 2.24. The average Bonchev–Trinajstić information content (AvgIpc) is 2.17. The number of hydrogen-bond donors (Lipinski definition) is 0. The normalized spacial score (nSPS) is 15.6. The molecule has 0 aliphatic carbocycles. The molecule has 0 fully saturated rings. The Labute approximate surface area is 91.0 Å². The van der Waals surface area contributed by atoms with Gasteiger partial charge in [-0.15, -0.1) is 0 Å². The van der Waals surface area contributed by atoms with Crippen molar-refractivity contribution in [3.05, 3.63) is 29.8 Å². The van der Waals surface area contributed by atoms with Gasteiger partial charge in [0.1, 0.15) is 5.75 Å². The van der Waals surface area contributed by atoms with Gasteiger partial charge in [0.2, 0.25) is 5.67 Å². The molecule has 0 radical (unpaired) electrons. The van der Waals surface area contributed by atoms with Crippen molar-refractivity contribution in [1.29, 1.82) is 0 Å². The molecule has 1 nitrogen and oxygen atoms in total. The fraction of sp³-hybridized carbons (Fsp3) is 0.455. The summed E-state index contributed by atoms with van der Waals surface area (Å²) in [5, 5.41) is 0. The average molecular weight is 236 g/mol. The van der Waals surface area contributed by atoms with Crippen LogP contribution in [0.4, 0.5) is 17.6 Å². The quantitative estimate of drug-likeness (QED) is 0.724. The molecule has 1 aromatic carbocycles. The summed E-state index contributed by atoms with van der Waals surface area (Å²) in [7, 11) is 0. The van der Waals surface area contributed by atoms with Crippen molar-refractivity contribution in [3.8, 4) is 5.75 Å². The highest BCUT2D eigenvalue weighted by Gasteiger charge is 2.53. The molecule has 16 heavy (non-hydrogen) atoms. The topological polar surface area (TPSA) is 9.23 Å². The van der Waals surface area contributed by atoms with Crippen molar-refractivity contribution in [2.24, 2.45) is 0 Å². The third-order valence-corrected chi connectivity index (χ3v) is 2.24. The molecule has 1 rings (SSSR count). The van der Waals surface area contributed by atoms with Crippen LogP contribution in [-0.4, -0.2) is 12.8 Å². The lowest BCUT2D eigenvalue weighted by atomic mass is 9.97. The van der Waals surface area contributed by atoms with Crippen molar-refractivity contribution in [3.63, 3.8) is 0 Å². The van der Waals surface area contributed by atoms with Gasteiger partial charge >= 0.3 is 6.18 Å². The second-order valence-corrected chi connectivity index (χ2v) is 3.46. The van der Waals surface area contributed by atoms with Gasteiger partial charge in [0, 0.05) is 0 Å². The highest BCUT2D eigenvalue weighted by Crippen LogP contribution is 2.42. The van der Waals surface area contributed by atoms with Crippen LogP contribution in [0.15, 0.2) is 24.3 Å². The Bertz CT molecular complexity index is 340. The van der Waals surface area contributed by atoms with Gasteiger partial charge in [-0.25, -0.2) is 4.39 Å². The van der Waals surface area contributed by atoms with Gasteiger partial charge in [-0.2, -0.15) is 13.2 Å². The summed E-state index contributed by atoms with van der Waals surface area (Å²) in [6.45, 7) is 2.66. The van der Waals surface area contributed by atoms with Gasteiger partial charge in [-0.05, 0) is 31.5 Å². The summed E-state index contributed by atoms with van der Waals surface area (Å²) in [5.74, 6) is 0.421.